The van der Waals surface area contributed by atoms with Gasteiger partial charge in [-0.25, -0.2) is 4.98 Å². The Bertz CT molecular complexity index is 479. The van der Waals surface area contributed by atoms with Crippen LogP contribution in [0.3, 0.4) is 0 Å². The highest BCUT2D eigenvalue weighted by molar-refractivity contribution is 9.10. The number of anilines is 1. The molecule has 1 saturated heterocycles. The highest BCUT2D eigenvalue weighted by Gasteiger charge is 2.66. The van der Waals surface area contributed by atoms with Gasteiger partial charge in [-0.3, -0.25) is 4.79 Å². The number of rotatable bonds is 2. The maximum atomic E-state index is 11.7. The normalized spacial score (nSPS) is 30.0. The lowest BCUT2D eigenvalue weighted by Crippen LogP contribution is -2.29. The molecule has 0 amide bonds. The fourth-order valence-electron chi connectivity index (χ4n) is 2.75. The fourth-order valence-corrected chi connectivity index (χ4v) is 3.09. The number of fused-ring (bicyclic) bond motifs is 1. The van der Waals surface area contributed by atoms with E-state index in [4.69, 9.17) is 4.74 Å². The largest absolute Gasteiger partial charge is 0.469 e. The van der Waals surface area contributed by atoms with Crippen molar-refractivity contribution >= 4 is 27.7 Å². The molecule has 2 atom stereocenters. The van der Waals surface area contributed by atoms with Gasteiger partial charge < -0.3 is 9.64 Å². The van der Waals surface area contributed by atoms with Gasteiger partial charge in [0.25, 0.3) is 0 Å². The Morgan fingerprint density at radius 2 is 2.47 bits per heavy atom. The number of pyridine rings is 1. The van der Waals surface area contributed by atoms with E-state index in [1.807, 2.05) is 18.2 Å². The van der Waals surface area contributed by atoms with Gasteiger partial charge in [-0.05, 0) is 40.4 Å². The second kappa shape index (κ2) is 3.70. The summed E-state index contributed by atoms with van der Waals surface area (Å²) in [6, 6.07) is 5.83. The van der Waals surface area contributed by atoms with E-state index in [0.717, 1.165) is 29.9 Å². The smallest absolute Gasteiger partial charge is 0.313 e. The van der Waals surface area contributed by atoms with Crippen molar-refractivity contribution in [1.82, 2.24) is 4.98 Å². The predicted octanol–water partition coefficient (Wildman–Crippen LogP) is 1.84. The summed E-state index contributed by atoms with van der Waals surface area (Å²) in [4.78, 5) is 18.3. The summed E-state index contributed by atoms with van der Waals surface area (Å²) in [5.74, 6) is 1.30. The minimum Gasteiger partial charge on any atom is -0.469 e. The molecule has 0 radical (unpaired) electrons. The van der Waals surface area contributed by atoms with Gasteiger partial charge in [0.1, 0.15) is 10.4 Å². The van der Waals surface area contributed by atoms with E-state index >= 15 is 0 Å². The Morgan fingerprint density at radius 3 is 3.18 bits per heavy atom. The molecule has 17 heavy (non-hydrogen) atoms. The number of carbonyl (C=O) groups excluding carboxylic acids is 1. The van der Waals surface area contributed by atoms with Crippen LogP contribution in [0.1, 0.15) is 6.42 Å². The molecule has 0 bridgehead atoms. The molecule has 0 unspecified atom stereocenters. The topological polar surface area (TPSA) is 42.4 Å². The average Bonchev–Trinajstić information content (AvgIpc) is 2.91. The third-order valence-corrected chi connectivity index (χ3v) is 4.20. The molecule has 0 N–H and O–H groups in total. The molecule has 0 aromatic carbocycles. The summed E-state index contributed by atoms with van der Waals surface area (Å²) in [5.41, 5.74) is -0.251. The Kier molecular flexibility index (Phi) is 2.40. The van der Waals surface area contributed by atoms with Crippen molar-refractivity contribution in [1.29, 1.82) is 0 Å². The molecule has 2 fully saturated rings. The van der Waals surface area contributed by atoms with Crippen molar-refractivity contribution in [2.45, 2.75) is 6.42 Å². The number of ether oxygens (including phenoxy) is 1. The monoisotopic (exact) mass is 296 g/mol. The molecule has 1 aromatic heterocycles. The van der Waals surface area contributed by atoms with Gasteiger partial charge in [-0.2, -0.15) is 0 Å². The molecular formula is C12H13BrN2O2. The molecule has 2 aliphatic rings. The summed E-state index contributed by atoms with van der Waals surface area (Å²) in [7, 11) is 1.46. The van der Waals surface area contributed by atoms with Crippen LogP contribution in [0.25, 0.3) is 0 Å². The number of hydrogen-bond acceptors (Lipinski definition) is 4. The van der Waals surface area contributed by atoms with Gasteiger partial charge in [-0.15, -0.1) is 0 Å². The van der Waals surface area contributed by atoms with Crippen molar-refractivity contribution in [3.8, 4) is 0 Å². The van der Waals surface area contributed by atoms with Crippen LogP contribution in [-0.2, 0) is 9.53 Å². The molecule has 2 heterocycles. The first-order valence-electron chi connectivity index (χ1n) is 5.62. The second-order valence-corrected chi connectivity index (χ2v) is 5.56. The Morgan fingerprint density at radius 1 is 1.65 bits per heavy atom. The van der Waals surface area contributed by atoms with E-state index in [-0.39, 0.29) is 11.4 Å². The summed E-state index contributed by atoms with van der Waals surface area (Å²) in [5, 5.41) is 0. The summed E-state index contributed by atoms with van der Waals surface area (Å²) in [6.07, 6.45) is 0.962. The Balaban J connectivity index is 1.80. The zero-order valence-corrected chi connectivity index (χ0v) is 11.1. The number of piperidine rings is 1. The lowest BCUT2D eigenvalue weighted by Gasteiger charge is -2.21. The summed E-state index contributed by atoms with van der Waals surface area (Å²) in [6.45, 7) is 1.63. The minimum absolute atomic E-state index is 0.0694. The first kappa shape index (κ1) is 11.0. The second-order valence-electron chi connectivity index (χ2n) is 4.75. The number of carbonyl (C=O) groups is 1. The van der Waals surface area contributed by atoms with Crippen molar-refractivity contribution in [3.05, 3.63) is 22.8 Å². The molecule has 3 rings (SSSR count). The zero-order valence-electron chi connectivity index (χ0n) is 9.52. The van der Waals surface area contributed by atoms with Crippen molar-refractivity contribution in [3.63, 3.8) is 0 Å². The van der Waals surface area contributed by atoms with Gasteiger partial charge in [0.15, 0.2) is 0 Å². The number of hydrogen-bond donors (Lipinski definition) is 0. The van der Waals surface area contributed by atoms with Gasteiger partial charge in [0.05, 0.1) is 12.5 Å². The molecular weight excluding hydrogens is 284 g/mol. The van der Waals surface area contributed by atoms with E-state index in [0.29, 0.717) is 5.92 Å². The fraction of sp³-hybridized carbons (Fsp3) is 0.500. The number of halogens is 1. The Labute approximate surface area is 108 Å². The summed E-state index contributed by atoms with van der Waals surface area (Å²) >= 11 is 3.36. The lowest BCUT2D eigenvalue weighted by atomic mass is 10.1. The maximum absolute atomic E-state index is 11.7. The van der Waals surface area contributed by atoms with Crippen LogP contribution in [-0.4, -0.2) is 31.2 Å². The molecule has 90 valence electrons. The molecule has 1 aromatic rings. The van der Waals surface area contributed by atoms with Crippen molar-refractivity contribution < 1.29 is 9.53 Å². The van der Waals surface area contributed by atoms with Crippen LogP contribution in [0.4, 0.5) is 5.82 Å². The summed E-state index contributed by atoms with van der Waals surface area (Å²) < 4.78 is 5.71. The predicted molar refractivity (Wildman–Crippen MR) is 66.7 cm³/mol. The first-order chi connectivity index (χ1) is 8.15. The Hall–Kier alpha value is -1.10. The van der Waals surface area contributed by atoms with Gasteiger partial charge in [-0.1, -0.05) is 6.07 Å². The number of nitrogens with zero attached hydrogens (tertiary/aromatic N) is 2. The van der Waals surface area contributed by atoms with Gasteiger partial charge >= 0.3 is 5.97 Å². The van der Waals surface area contributed by atoms with Crippen LogP contribution in [0.2, 0.25) is 0 Å². The van der Waals surface area contributed by atoms with E-state index in [1.54, 1.807) is 0 Å². The lowest BCUT2D eigenvalue weighted by molar-refractivity contribution is -0.146. The molecule has 1 aliphatic carbocycles. The van der Waals surface area contributed by atoms with Gasteiger partial charge in [0.2, 0.25) is 0 Å². The number of methoxy groups -OCH3 is 1. The van der Waals surface area contributed by atoms with Crippen LogP contribution in [0, 0.1) is 11.3 Å². The third kappa shape index (κ3) is 1.64. The van der Waals surface area contributed by atoms with Crippen LogP contribution in [0.5, 0.6) is 0 Å². The van der Waals surface area contributed by atoms with E-state index in [9.17, 15) is 4.79 Å². The number of esters is 1. The van der Waals surface area contributed by atoms with E-state index in [2.05, 4.69) is 25.8 Å². The third-order valence-electron chi connectivity index (χ3n) is 3.76. The molecule has 1 saturated carbocycles. The zero-order chi connectivity index (χ0) is 12.0. The highest BCUT2D eigenvalue weighted by atomic mass is 79.9. The molecule has 4 nitrogen and oxygen atoms in total. The van der Waals surface area contributed by atoms with Crippen LogP contribution >= 0.6 is 15.9 Å². The van der Waals surface area contributed by atoms with Crippen molar-refractivity contribution in [2.75, 3.05) is 25.1 Å². The van der Waals surface area contributed by atoms with Crippen molar-refractivity contribution in [2.24, 2.45) is 11.3 Å². The quantitative estimate of drug-likeness (QED) is 0.617. The highest BCUT2D eigenvalue weighted by Crippen LogP contribution is 2.58. The number of aromatic nitrogens is 1. The molecule has 5 heteroatoms. The SMILES string of the molecule is COC(=O)[C@]12C[C@H]1CN(c1cccc(Br)n1)C2. The van der Waals surface area contributed by atoms with Gasteiger partial charge in [0, 0.05) is 13.1 Å². The van der Waals surface area contributed by atoms with E-state index < -0.39 is 0 Å². The molecule has 0 spiro atoms. The molecule has 1 aliphatic heterocycles. The van der Waals surface area contributed by atoms with Crippen LogP contribution in [0.15, 0.2) is 22.8 Å². The first-order valence-corrected chi connectivity index (χ1v) is 6.41. The maximum Gasteiger partial charge on any atom is 0.313 e. The average molecular weight is 297 g/mol. The standard InChI is InChI=1S/C12H13BrN2O2/c1-17-11(16)12-5-8(12)6-15(7-12)10-4-2-3-9(13)14-10/h2-4,8H,5-7H2,1H3/t8-,12-/m0/s1. The minimum atomic E-state index is -0.251. The van der Waals surface area contributed by atoms with Crippen LogP contribution < -0.4 is 4.90 Å². The van der Waals surface area contributed by atoms with E-state index in [1.165, 1.54) is 7.11 Å².